The molecule has 12 nitrogen and oxygen atoms in total. The van der Waals surface area contributed by atoms with Gasteiger partial charge in [0.15, 0.2) is 0 Å². The third-order valence-electron chi connectivity index (χ3n) is 6.47. The molecule has 282 valence electrons. The number of primary amides is 2. The Bertz CT molecular complexity index is 1030. The molecular formula is C37H67N5O7. The van der Waals surface area contributed by atoms with E-state index >= 15 is 0 Å². The van der Waals surface area contributed by atoms with E-state index in [-0.39, 0.29) is 35.5 Å². The molecule has 1 heterocycles. The van der Waals surface area contributed by atoms with E-state index in [0.717, 1.165) is 38.5 Å². The fourth-order valence-corrected chi connectivity index (χ4v) is 3.44. The van der Waals surface area contributed by atoms with E-state index < -0.39 is 11.8 Å². The van der Waals surface area contributed by atoms with Gasteiger partial charge in [-0.05, 0) is 79.3 Å². The minimum absolute atomic E-state index is 0.0255. The Hall–Kier alpha value is -4.03. The summed E-state index contributed by atoms with van der Waals surface area (Å²) in [7, 11) is 5.11. The summed E-state index contributed by atoms with van der Waals surface area (Å²) in [6, 6.07) is 0.0255. The average molecular weight is 694 g/mol. The molecule has 1 fully saturated rings. The molecule has 1 aliphatic rings. The molecule has 0 radical (unpaired) electrons. The van der Waals surface area contributed by atoms with Gasteiger partial charge in [-0.1, -0.05) is 71.9 Å². The molecule has 1 rings (SSSR count). The molecule has 2 atom stereocenters. The second-order valence-electron chi connectivity index (χ2n) is 12.3. The van der Waals surface area contributed by atoms with Crippen molar-refractivity contribution in [3.63, 3.8) is 0 Å². The van der Waals surface area contributed by atoms with Crippen molar-refractivity contribution in [3.8, 4) is 0 Å². The Morgan fingerprint density at radius 2 is 1.45 bits per heavy atom. The van der Waals surface area contributed by atoms with Crippen LogP contribution in [0, 0.1) is 0 Å². The van der Waals surface area contributed by atoms with E-state index in [0.29, 0.717) is 17.6 Å². The molecule has 0 saturated carbocycles. The van der Waals surface area contributed by atoms with Crippen LogP contribution in [0.4, 0.5) is 0 Å². The molecule has 6 N–H and O–H groups in total. The molecule has 4 amide bonds. The van der Waals surface area contributed by atoms with Crippen LogP contribution < -0.4 is 22.1 Å². The Kier molecular flexibility index (Phi) is 34.4. The molecule has 12 heteroatoms. The van der Waals surface area contributed by atoms with Crippen LogP contribution in [-0.4, -0.2) is 86.5 Å². The number of nitrogens with zero attached hydrogens (tertiary/aromatic N) is 1. The third kappa shape index (κ3) is 38.3. The van der Waals surface area contributed by atoms with E-state index in [4.69, 9.17) is 10.5 Å². The first-order valence-electron chi connectivity index (χ1n) is 16.5. The Morgan fingerprint density at radius 1 is 0.939 bits per heavy atom. The lowest BCUT2D eigenvalue weighted by atomic mass is 10.1. The van der Waals surface area contributed by atoms with Gasteiger partial charge in [-0.2, -0.15) is 0 Å². The summed E-state index contributed by atoms with van der Waals surface area (Å²) in [5.74, 6) is -1.42. The molecule has 2 unspecified atom stereocenters. The maximum Gasteiger partial charge on any atom is 0.333 e. The Labute approximate surface area is 296 Å². The highest BCUT2D eigenvalue weighted by molar-refractivity contribution is 5.92. The lowest BCUT2D eigenvalue weighted by molar-refractivity contribution is -0.136. The van der Waals surface area contributed by atoms with Gasteiger partial charge in [0, 0.05) is 42.3 Å². The first-order valence-corrected chi connectivity index (χ1v) is 16.5. The van der Waals surface area contributed by atoms with Gasteiger partial charge in [-0.15, -0.1) is 0 Å². The SMILES string of the molecule is C=C(C(N)=O)C(C)N(C)C.C=C(CC1CCCO1)C(=O)OC.C=CC(=O)NC(C)(C)C.C=CC(=O)NCCCCCCCC.C=CC(N)=O. The number of ether oxygens (including phenoxy) is 2. The van der Waals surface area contributed by atoms with Crippen LogP contribution in [0.2, 0.25) is 0 Å². The summed E-state index contributed by atoms with van der Waals surface area (Å²) < 4.78 is 9.88. The number of esters is 1. The van der Waals surface area contributed by atoms with Crippen LogP contribution >= 0.6 is 0 Å². The highest BCUT2D eigenvalue weighted by Crippen LogP contribution is 2.19. The van der Waals surface area contributed by atoms with Gasteiger partial charge >= 0.3 is 5.97 Å². The number of nitrogens with one attached hydrogen (secondary N) is 2. The molecule has 0 bridgehead atoms. The second kappa shape index (κ2) is 32.5. The third-order valence-corrected chi connectivity index (χ3v) is 6.47. The van der Waals surface area contributed by atoms with Gasteiger partial charge in [0.2, 0.25) is 23.6 Å². The van der Waals surface area contributed by atoms with Crippen LogP contribution in [-0.2, 0) is 33.4 Å². The maximum atomic E-state index is 10.9. The first-order chi connectivity index (χ1) is 22.7. The largest absolute Gasteiger partial charge is 0.466 e. The van der Waals surface area contributed by atoms with Crippen LogP contribution in [0.25, 0.3) is 0 Å². The summed E-state index contributed by atoms with van der Waals surface area (Å²) >= 11 is 0. The normalized spacial score (nSPS) is 13.3. The van der Waals surface area contributed by atoms with Crippen molar-refractivity contribution >= 4 is 29.6 Å². The van der Waals surface area contributed by atoms with E-state index in [1.807, 2.05) is 46.7 Å². The molecule has 0 aromatic heterocycles. The molecule has 0 aromatic rings. The number of likely N-dealkylation sites (N-methyl/N-ethyl adjacent to an activating group) is 1. The van der Waals surface area contributed by atoms with Crippen molar-refractivity contribution in [1.82, 2.24) is 15.5 Å². The lowest BCUT2D eigenvalue weighted by Crippen LogP contribution is -2.39. The minimum atomic E-state index is -0.481. The Morgan fingerprint density at radius 3 is 1.78 bits per heavy atom. The zero-order valence-electron chi connectivity index (χ0n) is 31.7. The van der Waals surface area contributed by atoms with Crippen LogP contribution in [0.3, 0.4) is 0 Å². The highest BCUT2D eigenvalue weighted by Gasteiger charge is 2.19. The quantitative estimate of drug-likeness (QED) is 0.102. The molecule has 0 aliphatic carbocycles. The van der Waals surface area contributed by atoms with E-state index in [2.05, 4.69) is 60.9 Å². The van der Waals surface area contributed by atoms with Gasteiger partial charge in [0.05, 0.1) is 13.2 Å². The van der Waals surface area contributed by atoms with Gasteiger partial charge in [0.1, 0.15) is 0 Å². The molecular weight excluding hydrogens is 626 g/mol. The zero-order chi connectivity index (χ0) is 39.0. The topological polar surface area (TPSA) is 183 Å². The summed E-state index contributed by atoms with van der Waals surface area (Å²) in [6.45, 7) is 28.5. The number of amides is 4. The standard InChI is InChI=1S/C11H21NO.C9H14O3.C7H14N2O.C7H13NO.C3H5NO/c1-3-5-6-7-8-9-10-12-11(13)4-2;1-7(9(10)11-2)6-8-4-3-5-12-8;1-5(7(8)10)6(2)9(3)4;1-5-6(9)8-7(2,3)4;1-2-3(4)5/h4H,2-3,5-10H2,1H3,(H,12,13);8H,1,3-6H2,2H3;6H,1H2,2-4H3,(H2,8,10);5H,1H2,2-4H3,(H,8,9);2H,1H2,(H2,4,5). The van der Waals surface area contributed by atoms with Crippen LogP contribution in [0.15, 0.2) is 62.3 Å². The van der Waals surface area contributed by atoms with E-state index in [9.17, 15) is 24.0 Å². The number of hydrogen-bond acceptors (Lipinski definition) is 8. The number of carbonyl (C=O) groups is 5. The predicted molar refractivity (Wildman–Crippen MR) is 200 cm³/mol. The zero-order valence-corrected chi connectivity index (χ0v) is 31.7. The summed E-state index contributed by atoms with van der Waals surface area (Å²) in [6.07, 6.45) is 14.1. The van der Waals surface area contributed by atoms with Crippen molar-refractivity contribution in [2.75, 3.05) is 34.4 Å². The second-order valence-corrected chi connectivity index (χ2v) is 12.3. The summed E-state index contributed by atoms with van der Waals surface area (Å²) in [4.78, 5) is 54.1. The molecule has 0 spiro atoms. The highest BCUT2D eigenvalue weighted by atomic mass is 16.5. The Balaban J connectivity index is -0.000000265. The van der Waals surface area contributed by atoms with E-state index in [1.54, 1.807) is 0 Å². The minimum Gasteiger partial charge on any atom is -0.466 e. The molecule has 49 heavy (non-hydrogen) atoms. The molecule has 1 aliphatic heterocycles. The van der Waals surface area contributed by atoms with Crippen molar-refractivity contribution in [2.24, 2.45) is 11.5 Å². The lowest BCUT2D eigenvalue weighted by Gasteiger charge is -2.19. The van der Waals surface area contributed by atoms with Crippen molar-refractivity contribution in [3.05, 3.63) is 62.3 Å². The van der Waals surface area contributed by atoms with Gasteiger partial charge in [-0.25, -0.2) is 4.79 Å². The van der Waals surface area contributed by atoms with Crippen molar-refractivity contribution < 1.29 is 33.4 Å². The number of hydrogen-bond donors (Lipinski definition) is 4. The van der Waals surface area contributed by atoms with Gasteiger partial charge in [0.25, 0.3) is 0 Å². The average Bonchev–Trinajstić information content (AvgIpc) is 3.56. The molecule has 0 aromatic carbocycles. The fourth-order valence-electron chi connectivity index (χ4n) is 3.44. The maximum absolute atomic E-state index is 10.9. The van der Waals surface area contributed by atoms with Crippen LogP contribution in [0.1, 0.15) is 92.4 Å². The van der Waals surface area contributed by atoms with Crippen LogP contribution in [0.5, 0.6) is 0 Å². The number of nitrogens with two attached hydrogens (primary N) is 2. The van der Waals surface area contributed by atoms with Crippen molar-refractivity contribution in [1.29, 1.82) is 0 Å². The van der Waals surface area contributed by atoms with Gasteiger partial charge in [-0.3, -0.25) is 19.2 Å². The smallest absolute Gasteiger partial charge is 0.333 e. The number of methoxy groups -OCH3 is 1. The number of carbonyl (C=O) groups excluding carboxylic acids is 5. The number of rotatable bonds is 16. The predicted octanol–water partition coefficient (Wildman–Crippen LogP) is 4.66. The van der Waals surface area contributed by atoms with Gasteiger partial charge < -0.3 is 36.5 Å². The van der Waals surface area contributed by atoms with Crippen molar-refractivity contribution in [2.45, 2.75) is 110 Å². The molecule has 1 saturated heterocycles. The van der Waals surface area contributed by atoms with E-state index in [1.165, 1.54) is 51.4 Å². The summed E-state index contributed by atoms with van der Waals surface area (Å²) in [5.41, 5.74) is 10.3. The first kappa shape index (κ1) is 51.8. The summed E-state index contributed by atoms with van der Waals surface area (Å²) in [5, 5.41) is 5.48. The monoisotopic (exact) mass is 694 g/mol. The fraction of sp³-hybridized carbons (Fsp3) is 0.595. The number of unbranched alkanes of at least 4 members (excludes halogenated alkanes) is 5.